The smallest absolute Gasteiger partial charge is 0.256 e. The van der Waals surface area contributed by atoms with Gasteiger partial charge in [-0.2, -0.15) is 4.98 Å². The quantitative estimate of drug-likeness (QED) is 0.902. The maximum atomic E-state index is 5.74. The Bertz CT molecular complexity index is 569. The van der Waals surface area contributed by atoms with E-state index >= 15 is 0 Å². The van der Waals surface area contributed by atoms with E-state index in [0.29, 0.717) is 18.3 Å². The van der Waals surface area contributed by atoms with Crippen LogP contribution in [0.15, 0.2) is 23.0 Å². The fourth-order valence-electron chi connectivity index (χ4n) is 2.26. The van der Waals surface area contributed by atoms with Gasteiger partial charge >= 0.3 is 0 Å². The minimum Gasteiger partial charge on any atom is -0.364 e. The van der Waals surface area contributed by atoms with E-state index in [2.05, 4.69) is 15.1 Å². The third-order valence-corrected chi connectivity index (χ3v) is 3.35. The summed E-state index contributed by atoms with van der Waals surface area (Å²) in [4.78, 5) is 8.47. The van der Waals surface area contributed by atoms with Crippen LogP contribution in [0.4, 0.5) is 0 Å². The fraction of sp³-hybridized carbons (Fsp3) is 0.462. The summed E-state index contributed by atoms with van der Waals surface area (Å²) in [5, 5.41) is 4.02. The molecule has 0 saturated carbocycles. The Balaban J connectivity index is 1.82. The first-order valence-electron chi connectivity index (χ1n) is 6.38. The molecule has 2 N–H and O–H groups in total. The van der Waals surface area contributed by atoms with Gasteiger partial charge in [0.1, 0.15) is 6.10 Å². The summed E-state index contributed by atoms with van der Waals surface area (Å²) in [6.45, 7) is 2.50. The first kappa shape index (κ1) is 12.3. The van der Waals surface area contributed by atoms with Crippen molar-refractivity contribution in [3.8, 4) is 11.4 Å². The molecule has 1 aliphatic rings. The van der Waals surface area contributed by atoms with Crippen LogP contribution in [0.3, 0.4) is 0 Å². The van der Waals surface area contributed by atoms with Crippen LogP contribution in [-0.2, 0) is 4.74 Å². The zero-order valence-electron chi connectivity index (χ0n) is 10.7. The predicted molar refractivity (Wildman–Crippen MR) is 68.2 cm³/mol. The summed E-state index contributed by atoms with van der Waals surface area (Å²) in [5.74, 6) is 1.11. The zero-order chi connectivity index (χ0) is 13.2. The van der Waals surface area contributed by atoms with E-state index in [-0.39, 0.29) is 12.2 Å². The van der Waals surface area contributed by atoms with Crippen molar-refractivity contribution in [2.75, 3.05) is 6.54 Å². The summed E-state index contributed by atoms with van der Waals surface area (Å²) in [6.07, 6.45) is 5.28. The topological polar surface area (TPSA) is 87.1 Å². The molecule has 100 valence electrons. The number of rotatable bonds is 3. The number of nitrogens with two attached hydrogens (primary N) is 1. The molecule has 3 heterocycles. The van der Waals surface area contributed by atoms with Crippen molar-refractivity contribution in [1.29, 1.82) is 0 Å². The van der Waals surface area contributed by atoms with E-state index in [4.69, 9.17) is 15.0 Å². The molecule has 2 unspecified atom stereocenters. The second-order valence-electron chi connectivity index (χ2n) is 4.71. The highest BCUT2D eigenvalue weighted by atomic mass is 16.5. The lowest BCUT2D eigenvalue weighted by Crippen LogP contribution is -2.18. The zero-order valence-corrected chi connectivity index (χ0v) is 10.7. The van der Waals surface area contributed by atoms with Gasteiger partial charge in [0.25, 0.3) is 5.89 Å². The minimum atomic E-state index is -0.128. The lowest BCUT2D eigenvalue weighted by atomic mass is 10.1. The molecule has 0 radical (unpaired) electrons. The average Bonchev–Trinajstić information content (AvgIpc) is 3.08. The summed E-state index contributed by atoms with van der Waals surface area (Å²) in [6, 6.07) is 1.88. The molecule has 0 aromatic carbocycles. The SMILES string of the molecule is Cc1cnccc1-c1noc(C2CCC(CN)O2)n1. The number of aryl methyl sites for hydroxylation is 1. The van der Waals surface area contributed by atoms with Crippen molar-refractivity contribution in [2.45, 2.75) is 32.0 Å². The van der Waals surface area contributed by atoms with Gasteiger partial charge in [0, 0.05) is 24.5 Å². The molecule has 6 nitrogen and oxygen atoms in total. The summed E-state index contributed by atoms with van der Waals surface area (Å²) in [7, 11) is 0. The predicted octanol–water partition coefficient (Wildman–Crippen LogP) is 1.62. The molecule has 0 spiro atoms. The van der Waals surface area contributed by atoms with Crippen molar-refractivity contribution >= 4 is 0 Å². The van der Waals surface area contributed by atoms with Crippen LogP contribution < -0.4 is 5.73 Å². The molecule has 1 saturated heterocycles. The molecule has 2 atom stereocenters. The summed E-state index contributed by atoms with van der Waals surface area (Å²) < 4.78 is 11.0. The van der Waals surface area contributed by atoms with Gasteiger partial charge in [-0.1, -0.05) is 5.16 Å². The van der Waals surface area contributed by atoms with Crippen molar-refractivity contribution in [3.63, 3.8) is 0 Å². The normalized spacial score (nSPS) is 22.8. The maximum absolute atomic E-state index is 5.74. The van der Waals surface area contributed by atoms with Gasteiger partial charge in [-0.05, 0) is 31.4 Å². The van der Waals surface area contributed by atoms with Gasteiger partial charge in [0.2, 0.25) is 5.82 Å². The number of aromatic nitrogens is 3. The number of pyridine rings is 1. The molecule has 3 rings (SSSR count). The lowest BCUT2D eigenvalue weighted by molar-refractivity contribution is 0.0307. The molecule has 19 heavy (non-hydrogen) atoms. The molecule has 0 amide bonds. The largest absolute Gasteiger partial charge is 0.364 e. The maximum Gasteiger partial charge on any atom is 0.256 e. The highest BCUT2D eigenvalue weighted by Gasteiger charge is 2.30. The van der Waals surface area contributed by atoms with E-state index in [1.54, 1.807) is 12.4 Å². The van der Waals surface area contributed by atoms with Crippen LogP contribution >= 0.6 is 0 Å². The summed E-state index contributed by atoms with van der Waals surface area (Å²) in [5.41, 5.74) is 7.54. The Morgan fingerprint density at radius 2 is 2.32 bits per heavy atom. The van der Waals surface area contributed by atoms with E-state index in [0.717, 1.165) is 24.0 Å². The minimum absolute atomic E-state index is 0.100. The monoisotopic (exact) mass is 260 g/mol. The average molecular weight is 260 g/mol. The Morgan fingerprint density at radius 1 is 1.42 bits per heavy atom. The van der Waals surface area contributed by atoms with Crippen LogP contribution in [0.5, 0.6) is 0 Å². The Hall–Kier alpha value is -1.79. The third-order valence-electron chi connectivity index (χ3n) is 3.35. The van der Waals surface area contributed by atoms with Gasteiger partial charge in [-0.25, -0.2) is 0 Å². The van der Waals surface area contributed by atoms with Crippen molar-refractivity contribution < 1.29 is 9.26 Å². The first-order valence-corrected chi connectivity index (χ1v) is 6.38. The molecule has 2 aromatic heterocycles. The molecular formula is C13H16N4O2. The summed E-state index contributed by atoms with van der Waals surface area (Å²) >= 11 is 0. The number of ether oxygens (including phenoxy) is 1. The van der Waals surface area contributed by atoms with Gasteiger partial charge in [-0.15, -0.1) is 0 Å². The Labute approximate surface area is 111 Å². The lowest BCUT2D eigenvalue weighted by Gasteiger charge is -2.07. The molecule has 1 fully saturated rings. The van der Waals surface area contributed by atoms with E-state index in [1.807, 2.05) is 13.0 Å². The van der Waals surface area contributed by atoms with Crippen LogP contribution in [0.2, 0.25) is 0 Å². The van der Waals surface area contributed by atoms with Crippen molar-refractivity contribution in [1.82, 2.24) is 15.1 Å². The molecular weight excluding hydrogens is 244 g/mol. The molecule has 6 heteroatoms. The fourth-order valence-corrected chi connectivity index (χ4v) is 2.26. The Kier molecular flexibility index (Phi) is 3.27. The van der Waals surface area contributed by atoms with E-state index in [1.165, 1.54) is 0 Å². The standard InChI is InChI=1S/C13H16N4O2/c1-8-7-15-5-4-10(8)12-16-13(19-17-12)11-3-2-9(6-14)18-11/h4-5,7,9,11H,2-3,6,14H2,1H3. The number of hydrogen-bond acceptors (Lipinski definition) is 6. The molecule has 0 bridgehead atoms. The van der Waals surface area contributed by atoms with Crippen LogP contribution in [-0.4, -0.2) is 27.8 Å². The molecule has 1 aliphatic heterocycles. The second-order valence-corrected chi connectivity index (χ2v) is 4.71. The van der Waals surface area contributed by atoms with Crippen LogP contribution in [0, 0.1) is 6.92 Å². The third kappa shape index (κ3) is 2.36. The van der Waals surface area contributed by atoms with Crippen molar-refractivity contribution in [2.24, 2.45) is 5.73 Å². The van der Waals surface area contributed by atoms with Gasteiger partial charge in [-0.3, -0.25) is 4.98 Å². The molecule has 2 aromatic rings. The first-order chi connectivity index (χ1) is 9.28. The Morgan fingerprint density at radius 3 is 3.05 bits per heavy atom. The van der Waals surface area contributed by atoms with E-state index < -0.39 is 0 Å². The molecule has 0 aliphatic carbocycles. The highest BCUT2D eigenvalue weighted by Crippen LogP contribution is 2.32. The van der Waals surface area contributed by atoms with Crippen LogP contribution in [0.1, 0.15) is 30.4 Å². The van der Waals surface area contributed by atoms with Gasteiger partial charge in [0.15, 0.2) is 0 Å². The van der Waals surface area contributed by atoms with Gasteiger partial charge < -0.3 is 15.0 Å². The number of nitrogens with zero attached hydrogens (tertiary/aromatic N) is 3. The second kappa shape index (κ2) is 5.07. The van der Waals surface area contributed by atoms with Crippen molar-refractivity contribution in [3.05, 3.63) is 29.9 Å². The van der Waals surface area contributed by atoms with E-state index in [9.17, 15) is 0 Å². The van der Waals surface area contributed by atoms with Crippen LogP contribution in [0.25, 0.3) is 11.4 Å². The number of hydrogen-bond donors (Lipinski definition) is 1. The highest BCUT2D eigenvalue weighted by molar-refractivity contribution is 5.57. The van der Waals surface area contributed by atoms with Gasteiger partial charge in [0.05, 0.1) is 6.10 Å².